The Balaban J connectivity index is 2.67. The molecule has 0 aliphatic carbocycles. The molecule has 5 heteroatoms. The summed E-state index contributed by atoms with van der Waals surface area (Å²) in [5, 5.41) is 3.74. The van der Waals surface area contributed by atoms with Gasteiger partial charge in [0.25, 0.3) is 0 Å². The summed E-state index contributed by atoms with van der Waals surface area (Å²) in [4.78, 5) is 5.29. The second-order valence-corrected chi connectivity index (χ2v) is 2.68. The monoisotopic (exact) mass is 175 g/mol. The lowest BCUT2D eigenvalue weighted by molar-refractivity contribution is -0.160. The van der Waals surface area contributed by atoms with Crippen LogP contribution in [0.1, 0.15) is 11.5 Å². The van der Waals surface area contributed by atoms with Crippen molar-refractivity contribution in [3.8, 4) is 0 Å². The van der Waals surface area contributed by atoms with Gasteiger partial charge in [0.2, 0.25) is 0 Å². The Bertz CT molecular complexity index is 216. The van der Waals surface area contributed by atoms with Gasteiger partial charge in [-0.15, -0.1) is 0 Å². The molecule has 0 amide bonds. The highest BCUT2D eigenvalue weighted by molar-refractivity contribution is 7.94. The van der Waals surface area contributed by atoms with Crippen molar-refractivity contribution in [2.75, 3.05) is 7.11 Å². The van der Waals surface area contributed by atoms with Gasteiger partial charge in [0.05, 0.1) is 24.8 Å². The SMILES string of the molecule is COOSc1c(C)noc1C. The number of hydrogen-bond acceptors (Lipinski definition) is 5. The lowest BCUT2D eigenvalue weighted by Gasteiger charge is -1.94. The Kier molecular flexibility index (Phi) is 2.92. The van der Waals surface area contributed by atoms with Gasteiger partial charge in [-0.1, -0.05) is 5.16 Å². The van der Waals surface area contributed by atoms with Crippen LogP contribution in [-0.2, 0) is 9.22 Å². The molecule has 0 spiro atoms. The fourth-order valence-electron chi connectivity index (χ4n) is 0.662. The van der Waals surface area contributed by atoms with E-state index in [0.29, 0.717) is 0 Å². The van der Waals surface area contributed by atoms with E-state index in [0.717, 1.165) is 28.4 Å². The fraction of sp³-hybridized carbons (Fsp3) is 0.500. The Morgan fingerprint density at radius 1 is 1.45 bits per heavy atom. The van der Waals surface area contributed by atoms with Crippen LogP contribution in [0, 0.1) is 13.8 Å². The molecule has 0 saturated heterocycles. The molecule has 0 aliphatic rings. The van der Waals surface area contributed by atoms with Crippen molar-refractivity contribution in [2.24, 2.45) is 0 Å². The first-order valence-electron chi connectivity index (χ1n) is 3.06. The van der Waals surface area contributed by atoms with Crippen LogP contribution in [0.5, 0.6) is 0 Å². The van der Waals surface area contributed by atoms with Crippen LogP contribution in [-0.4, -0.2) is 12.3 Å². The van der Waals surface area contributed by atoms with E-state index in [4.69, 9.17) is 4.52 Å². The first-order valence-corrected chi connectivity index (χ1v) is 3.80. The standard InChI is InChI=1S/C6H9NO3S/c1-4-6(11-10-8-3)5(2)9-7-4/h1-3H3. The maximum Gasteiger partial charge on any atom is 0.149 e. The van der Waals surface area contributed by atoms with Crippen molar-refractivity contribution in [1.82, 2.24) is 5.16 Å². The largest absolute Gasteiger partial charge is 0.360 e. The molecule has 0 radical (unpaired) electrons. The highest BCUT2D eigenvalue weighted by Crippen LogP contribution is 2.26. The molecular formula is C6H9NO3S. The maximum absolute atomic E-state index is 4.89. The second kappa shape index (κ2) is 3.75. The van der Waals surface area contributed by atoms with Crippen molar-refractivity contribution in [3.05, 3.63) is 11.5 Å². The average Bonchev–Trinajstić information content (AvgIpc) is 2.29. The Morgan fingerprint density at radius 3 is 2.64 bits per heavy atom. The molecule has 1 aromatic heterocycles. The van der Waals surface area contributed by atoms with Gasteiger partial charge < -0.3 is 4.52 Å². The molecular weight excluding hydrogens is 166 g/mol. The van der Waals surface area contributed by atoms with Crippen LogP contribution >= 0.6 is 12.0 Å². The molecule has 0 unspecified atom stereocenters. The number of rotatable bonds is 3. The predicted octanol–water partition coefficient (Wildman–Crippen LogP) is 1.88. The van der Waals surface area contributed by atoms with Gasteiger partial charge in [0, 0.05) is 0 Å². The first-order chi connectivity index (χ1) is 5.25. The predicted molar refractivity (Wildman–Crippen MR) is 39.9 cm³/mol. The number of aromatic nitrogens is 1. The fourth-order valence-corrected chi connectivity index (χ4v) is 1.11. The first kappa shape index (κ1) is 8.58. The van der Waals surface area contributed by atoms with Crippen LogP contribution in [0.15, 0.2) is 9.42 Å². The highest BCUT2D eigenvalue weighted by atomic mass is 32.2. The maximum atomic E-state index is 4.89. The summed E-state index contributed by atoms with van der Waals surface area (Å²) in [6.45, 7) is 3.67. The molecule has 1 rings (SSSR count). The van der Waals surface area contributed by atoms with Gasteiger partial charge >= 0.3 is 0 Å². The normalized spacial score (nSPS) is 10.5. The van der Waals surface area contributed by atoms with Crippen LogP contribution in [0.25, 0.3) is 0 Å². The third-order valence-electron chi connectivity index (χ3n) is 1.15. The molecule has 1 heterocycles. The van der Waals surface area contributed by atoms with Gasteiger partial charge in [-0.05, 0) is 13.8 Å². The highest BCUT2D eigenvalue weighted by Gasteiger charge is 2.09. The Morgan fingerprint density at radius 2 is 2.18 bits per heavy atom. The number of aryl methyl sites for hydroxylation is 2. The molecule has 0 saturated carbocycles. The number of hydrogen-bond donors (Lipinski definition) is 0. The Hall–Kier alpha value is -0.520. The molecule has 0 aromatic carbocycles. The van der Waals surface area contributed by atoms with Crippen LogP contribution in [0.2, 0.25) is 0 Å². The summed E-state index contributed by atoms with van der Waals surface area (Å²) < 4.78 is 9.54. The quantitative estimate of drug-likeness (QED) is 0.398. The molecule has 4 nitrogen and oxygen atoms in total. The van der Waals surface area contributed by atoms with Gasteiger partial charge in [-0.2, -0.15) is 4.33 Å². The third-order valence-corrected chi connectivity index (χ3v) is 2.11. The summed E-state index contributed by atoms with van der Waals surface area (Å²) >= 11 is 1.10. The van der Waals surface area contributed by atoms with E-state index in [2.05, 4.69) is 14.4 Å². The zero-order valence-corrected chi connectivity index (χ0v) is 7.40. The Labute approximate surface area is 69.0 Å². The summed E-state index contributed by atoms with van der Waals surface area (Å²) in [7, 11) is 1.45. The number of nitrogens with zero attached hydrogens (tertiary/aromatic N) is 1. The van der Waals surface area contributed by atoms with Gasteiger partial charge in [-0.3, -0.25) is 0 Å². The lowest BCUT2D eigenvalue weighted by Crippen LogP contribution is -1.80. The van der Waals surface area contributed by atoms with Gasteiger partial charge in [0.1, 0.15) is 10.7 Å². The van der Waals surface area contributed by atoms with Gasteiger partial charge in [-0.25, -0.2) is 4.89 Å². The van der Waals surface area contributed by atoms with E-state index in [1.165, 1.54) is 7.11 Å². The van der Waals surface area contributed by atoms with E-state index >= 15 is 0 Å². The molecule has 11 heavy (non-hydrogen) atoms. The molecule has 0 fully saturated rings. The molecule has 0 bridgehead atoms. The molecule has 0 aliphatic heterocycles. The topological polar surface area (TPSA) is 44.5 Å². The van der Waals surface area contributed by atoms with Crippen LogP contribution in [0.4, 0.5) is 0 Å². The minimum absolute atomic E-state index is 0.740. The van der Waals surface area contributed by atoms with E-state index in [-0.39, 0.29) is 0 Å². The van der Waals surface area contributed by atoms with Crippen molar-refractivity contribution in [1.29, 1.82) is 0 Å². The summed E-state index contributed by atoms with van der Waals surface area (Å²) in [6, 6.07) is 0. The van der Waals surface area contributed by atoms with E-state index in [1.807, 2.05) is 13.8 Å². The summed E-state index contributed by atoms with van der Waals surface area (Å²) in [6.07, 6.45) is 0. The lowest BCUT2D eigenvalue weighted by atomic mass is 10.4. The van der Waals surface area contributed by atoms with Crippen molar-refractivity contribution >= 4 is 12.0 Å². The van der Waals surface area contributed by atoms with Crippen molar-refractivity contribution in [2.45, 2.75) is 18.7 Å². The summed E-state index contributed by atoms with van der Waals surface area (Å²) in [5.74, 6) is 0.740. The summed E-state index contributed by atoms with van der Waals surface area (Å²) in [5.41, 5.74) is 0.810. The zero-order chi connectivity index (χ0) is 8.27. The second-order valence-electron chi connectivity index (χ2n) is 1.97. The van der Waals surface area contributed by atoms with Crippen molar-refractivity contribution < 1.29 is 13.7 Å². The smallest absolute Gasteiger partial charge is 0.149 e. The minimum Gasteiger partial charge on any atom is -0.360 e. The average molecular weight is 175 g/mol. The van der Waals surface area contributed by atoms with E-state index in [9.17, 15) is 0 Å². The molecule has 62 valence electrons. The zero-order valence-electron chi connectivity index (χ0n) is 6.58. The van der Waals surface area contributed by atoms with Crippen LogP contribution in [0.3, 0.4) is 0 Å². The molecule has 0 N–H and O–H groups in total. The van der Waals surface area contributed by atoms with Crippen LogP contribution < -0.4 is 0 Å². The van der Waals surface area contributed by atoms with Crippen molar-refractivity contribution in [3.63, 3.8) is 0 Å². The minimum atomic E-state index is 0.740. The molecule has 1 aromatic rings. The molecule has 0 atom stereocenters. The third kappa shape index (κ3) is 1.95. The van der Waals surface area contributed by atoms with Gasteiger partial charge in [0.15, 0.2) is 0 Å². The van der Waals surface area contributed by atoms with E-state index in [1.54, 1.807) is 0 Å². The van der Waals surface area contributed by atoms with E-state index < -0.39 is 0 Å².